The van der Waals surface area contributed by atoms with Crippen LogP contribution < -0.4 is 5.32 Å². The van der Waals surface area contributed by atoms with Crippen molar-refractivity contribution in [1.29, 1.82) is 0 Å². The standard InChI is InChI=1S/C27H22BrN3/c1-19-7-16-26-25(17-19)27(21-5-3-2-4-6-21)31(30-26)24-14-12-23(13-15-24)29-18-20-8-10-22(28)11-9-20/h2-17,29H,18H2,1H3. The van der Waals surface area contributed by atoms with Crippen LogP contribution in [0.1, 0.15) is 11.1 Å². The van der Waals surface area contributed by atoms with E-state index in [2.05, 4.69) is 124 Å². The summed E-state index contributed by atoms with van der Waals surface area (Å²) in [6.45, 7) is 2.91. The Hall–Kier alpha value is -3.37. The maximum atomic E-state index is 4.92. The summed E-state index contributed by atoms with van der Waals surface area (Å²) in [5.74, 6) is 0. The highest BCUT2D eigenvalue weighted by molar-refractivity contribution is 9.10. The molecule has 5 aromatic rings. The number of fused-ring (bicyclic) bond motifs is 1. The third-order valence-electron chi connectivity index (χ3n) is 5.40. The predicted molar refractivity (Wildman–Crippen MR) is 133 cm³/mol. The molecular formula is C27H22BrN3. The van der Waals surface area contributed by atoms with Gasteiger partial charge in [0.05, 0.1) is 16.9 Å². The summed E-state index contributed by atoms with van der Waals surface area (Å²) in [5.41, 5.74) is 7.89. The quantitative estimate of drug-likeness (QED) is 0.292. The lowest BCUT2D eigenvalue weighted by molar-refractivity contribution is 0.904. The third-order valence-corrected chi connectivity index (χ3v) is 5.92. The van der Waals surface area contributed by atoms with E-state index in [1.807, 2.05) is 6.07 Å². The zero-order valence-electron chi connectivity index (χ0n) is 17.2. The van der Waals surface area contributed by atoms with Crippen LogP contribution in [0, 0.1) is 6.92 Å². The molecule has 0 aliphatic carbocycles. The number of nitrogens with one attached hydrogen (secondary N) is 1. The molecule has 1 N–H and O–H groups in total. The van der Waals surface area contributed by atoms with Gasteiger partial charge in [-0.3, -0.25) is 0 Å². The van der Waals surface area contributed by atoms with Crippen LogP contribution in [-0.4, -0.2) is 9.78 Å². The Morgan fingerprint density at radius 1 is 0.839 bits per heavy atom. The Kier molecular flexibility index (Phi) is 5.31. The first-order chi connectivity index (χ1) is 15.2. The SMILES string of the molecule is Cc1ccc2nn(-c3ccc(NCc4ccc(Br)cc4)cc3)c(-c3ccccc3)c2c1. The van der Waals surface area contributed by atoms with Crippen LogP contribution in [0.25, 0.3) is 27.8 Å². The fraction of sp³-hybridized carbons (Fsp3) is 0.0741. The van der Waals surface area contributed by atoms with Crippen molar-refractivity contribution in [3.8, 4) is 16.9 Å². The second-order valence-corrected chi connectivity index (χ2v) is 8.59. The topological polar surface area (TPSA) is 29.9 Å². The van der Waals surface area contributed by atoms with Gasteiger partial charge in [-0.15, -0.1) is 0 Å². The van der Waals surface area contributed by atoms with Crippen molar-refractivity contribution in [2.24, 2.45) is 0 Å². The van der Waals surface area contributed by atoms with Crippen LogP contribution in [0.15, 0.2) is 102 Å². The van der Waals surface area contributed by atoms with Crippen LogP contribution in [-0.2, 0) is 6.54 Å². The van der Waals surface area contributed by atoms with Gasteiger partial charge in [0.15, 0.2) is 0 Å². The Morgan fingerprint density at radius 2 is 1.58 bits per heavy atom. The zero-order valence-corrected chi connectivity index (χ0v) is 18.8. The molecule has 0 unspecified atom stereocenters. The molecule has 1 aromatic heterocycles. The normalized spacial score (nSPS) is 11.0. The highest BCUT2D eigenvalue weighted by Gasteiger charge is 2.14. The Labute approximate surface area is 190 Å². The summed E-state index contributed by atoms with van der Waals surface area (Å²) in [6.07, 6.45) is 0. The molecule has 4 heteroatoms. The van der Waals surface area contributed by atoms with Crippen molar-refractivity contribution in [2.75, 3.05) is 5.32 Å². The van der Waals surface area contributed by atoms with Crippen molar-refractivity contribution in [3.05, 3.63) is 113 Å². The monoisotopic (exact) mass is 467 g/mol. The first-order valence-corrected chi connectivity index (χ1v) is 11.1. The maximum absolute atomic E-state index is 4.92. The van der Waals surface area contributed by atoms with Gasteiger partial charge in [-0.2, -0.15) is 5.10 Å². The smallest absolute Gasteiger partial charge is 0.0934 e. The molecule has 0 saturated carbocycles. The average molecular weight is 468 g/mol. The van der Waals surface area contributed by atoms with Crippen molar-refractivity contribution in [2.45, 2.75) is 13.5 Å². The number of halogens is 1. The molecule has 0 fully saturated rings. The Bertz CT molecular complexity index is 1320. The molecular weight excluding hydrogens is 446 g/mol. The van der Waals surface area contributed by atoms with Gasteiger partial charge in [0.25, 0.3) is 0 Å². The number of nitrogens with zero attached hydrogens (tertiary/aromatic N) is 2. The van der Waals surface area contributed by atoms with Crippen LogP contribution in [0.5, 0.6) is 0 Å². The van der Waals surface area contributed by atoms with Gasteiger partial charge in [-0.05, 0) is 61.0 Å². The fourth-order valence-electron chi connectivity index (χ4n) is 3.79. The van der Waals surface area contributed by atoms with Gasteiger partial charge in [-0.25, -0.2) is 4.68 Å². The summed E-state index contributed by atoms with van der Waals surface area (Å²) >= 11 is 3.48. The second kappa shape index (κ2) is 8.40. The molecule has 0 bridgehead atoms. The van der Waals surface area contributed by atoms with Gasteiger partial charge >= 0.3 is 0 Å². The van der Waals surface area contributed by atoms with Gasteiger partial charge in [0.1, 0.15) is 0 Å². The Morgan fingerprint density at radius 3 is 2.32 bits per heavy atom. The first kappa shape index (κ1) is 19.6. The van der Waals surface area contributed by atoms with Crippen molar-refractivity contribution in [3.63, 3.8) is 0 Å². The molecule has 31 heavy (non-hydrogen) atoms. The number of aryl methyl sites for hydroxylation is 1. The van der Waals surface area contributed by atoms with E-state index in [-0.39, 0.29) is 0 Å². The molecule has 0 saturated heterocycles. The summed E-state index contributed by atoms with van der Waals surface area (Å²) in [5, 5.41) is 9.59. The van der Waals surface area contributed by atoms with Crippen LogP contribution in [0.4, 0.5) is 5.69 Å². The maximum Gasteiger partial charge on any atom is 0.0934 e. The minimum absolute atomic E-state index is 0.785. The fourth-order valence-corrected chi connectivity index (χ4v) is 4.05. The van der Waals surface area contributed by atoms with Crippen LogP contribution in [0.3, 0.4) is 0 Å². The summed E-state index contributed by atoms with van der Waals surface area (Å²) in [7, 11) is 0. The van der Waals surface area contributed by atoms with Crippen LogP contribution in [0.2, 0.25) is 0 Å². The molecule has 0 aliphatic heterocycles. The second-order valence-electron chi connectivity index (χ2n) is 7.67. The van der Waals surface area contributed by atoms with E-state index in [1.54, 1.807) is 0 Å². The molecule has 0 radical (unpaired) electrons. The van der Waals surface area contributed by atoms with E-state index in [4.69, 9.17) is 5.10 Å². The van der Waals surface area contributed by atoms with E-state index >= 15 is 0 Å². The van der Waals surface area contributed by atoms with Crippen molar-refractivity contribution in [1.82, 2.24) is 9.78 Å². The highest BCUT2D eigenvalue weighted by Crippen LogP contribution is 2.32. The Balaban J connectivity index is 1.48. The zero-order chi connectivity index (χ0) is 21.2. The van der Waals surface area contributed by atoms with E-state index in [0.29, 0.717) is 0 Å². The van der Waals surface area contributed by atoms with Crippen molar-refractivity contribution < 1.29 is 0 Å². The average Bonchev–Trinajstić information content (AvgIpc) is 3.18. The van der Waals surface area contributed by atoms with E-state index in [0.717, 1.165) is 39.2 Å². The number of hydrogen-bond donors (Lipinski definition) is 1. The predicted octanol–water partition coefficient (Wildman–Crippen LogP) is 7.38. The largest absolute Gasteiger partial charge is 0.381 e. The molecule has 0 spiro atoms. The number of benzene rings is 4. The van der Waals surface area contributed by atoms with E-state index in [9.17, 15) is 0 Å². The molecule has 152 valence electrons. The summed E-state index contributed by atoms with van der Waals surface area (Å²) < 4.78 is 3.15. The first-order valence-electron chi connectivity index (χ1n) is 10.3. The van der Waals surface area contributed by atoms with Crippen molar-refractivity contribution >= 4 is 32.5 Å². The van der Waals surface area contributed by atoms with Gasteiger partial charge in [-0.1, -0.05) is 70.0 Å². The molecule has 0 atom stereocenters. The lowest BCUT2D eigenvalue weighted by Crippen LogP contribution is -2.01. The third kappa shape index (κ3) is 4.12. The van der Waals surface area contributed by atoms with E-state index < -0.39 is 0 Å². The number of hydrogen-bond acceptors (Lipinski definition) is 2. The molecule has 0 aliphatic rings. The molecule has 4 aromatic carbocycles. The summed E-state index contributed by atoms with van der Waals surface area (Å²) in [4.78, 5) is 0. The minimum atomic E-state index is 0.785. The van der Waals surface area contributed by atoms with E-state index in [1.165, 1.54) is 16.5 Å². The molecule has 0 amide bonds. The van der Waals surface area contributed by atoms with Gasteiger partial charge < -0.3 is 5.32 Å². The highest BCUT2D eigenvalue weighted by atomic mass is 79.9. The lowest BCUT2D eigenvalue weighted by Gasteiger charge is -2.11. The van der Waals surface area contributed by atoms with Gasteiger partial charge in [0, 0.05) is 27.7 Å². The molecule has 3 nitrogen and oxygen atoms in total. The minimum Gasteiger partial charge on any atom is -0.381 e. The molecule has 1 heterocycles. The van der Waals surface area contributed by atoms with Gasteiger partial charge in [0.2, 0.25) is 0 Å². The number of anilines is 1. The number of rotatable bonds is 5. The summed E-state index contributed by atoms with van der Waals surface area (Å²) in [6, 6.07) is 33.7. The number of aromatic nitrogens is 2. The lowest BCUT2D eigenvalue weighted by atomic mass is 10.1. The molecule has 5 rings (SSSR count). The van der Waals surface area contributed by atoms with Crippen LogP contribution >= 0.6 is 15.9 Å².